The zero-order valence-corrected chi connectivity index (χ0v) is 17.5. The van der Waals surface area contributed by atoms with Gasteiger partial charge in [0.25, 0.3) is 11.1 Å². The SMILES string of the molecule is CCCCCOc1ccc(/C=C2/SC(=O)N(CN3CCN(C)CC3)C2=O)cc1. The molecule has 2 fully saturated rings. The third-order valence-electron chi connectivity index (χ3n) is 5.01. The average molecular weight is 404 g/mol. The number of carbonyl (C=O) groups is 2. The number of amides is 2. The van der Waals surface area contributed by atoms with Crippen LogP contribution in [-0.4, -0.2) is 72.3 Å². The number of imide groups is 1. The normalized spacial score (nSPS) is 20.4. The minimum Gasteiger partial charge on any atom is -0.494 e. The maximum Gasteiger partial charge on any atom is 0.294 e. The predicted molar refractivity (Wildman–Crippen MR) is 113 cm³/mol. The Balaban J connectivity index is 1.57. The Hall–Kier alpha value is -1.83. The second-order valence-electron chi connectivity index (χ2n) is 7.30. The third-order valence-corrected chi connectivity index (χ3v) is 5.91. The summed E-state index contributed by atoms with van der Waals surface area (Å²) in [5.74, 6) is 0.630. The predicted octanol–water partition coefficient (Wildman–Crippen LogP) is 3.50. The Morgan fingerprint density at radius 1 is 1.07 bits per heavy atom. The lowest BCUT2D eigenvalue weighted by atomic mass is 10.2. The highest BCUT2D eigenvalue weighted by Gasteiger charge is 2.36. The van der Waals surface area contributed by atoms with Crippen LogP contribution in [0.5, 0.6) is 5.75 Å². The summed E-state index contributed by atoms with van der Waals surface area (Å²) < 4.78 is 5.72. The monoisotopic (exact) mass is 403 g/mol. The van der Waals surface area contributed by atoms with E-state index in [-0.39, 0.29) is 11.1 Å². The molecule has 2 aliphatic rings. The Labute approximate surface area is 171 Å². The minimum absolute atomic E-state index is 0.189. The van der Waals surface area contributed by atoms with Crippen LogP contribution < -0.4 is 4.74 Å². The van der Waals surface area contributed by atoms with Gasteiger partial charge >= 0.3 is 0 Å². The molecule has 152 valence electrons. The first-order valence-electron chi connectivity index (χ1n) is 9.96. The summed E-state index contributed by atoms with van der Waals surface area (Å²) in [6.07, 6.45) is 5.18. The zero-order valence-electron chi connectivity index (χ0n) is 16.7. The number of nitrogens with zero attached hydrogens (tertiary/aromatic N) is 3. The molecular formula is C21H29N3O3S. The van der Waals surface area contributed by atoms with E-state index in [1.165, 1.54) is 17.7 Å². The van der Waals surface area contributed by atoms with E-state index >= 15 is 0 Å². The molecule has 6 nitrogen and oxygen atoms in total. The molecule has 0 spiro atoms. The van der Waals surface area contributed by atoms with Gasteiger partial charge in [-0.25, -0.2) is 0 Å². The second kappa shape index (κ2) is 10.1. The molecular weight excluding hydrogens is 374 g/mol. The lowest BCUT2D eigenvalue weighted by Gasteiger charge is -2.33. The molecule has 1 aromatic carbocycles. The van der Waals surface area contributed by atoms with Gasteiger partial charge in [-0.1, -0.05) is 31.9 Å². The van der Waals surface area contributed by atoms with Crippen molar-refractivity contribution in [3.8, 4) is 5.75 Å². The Bertz CT molecular complexity index is 712. The summed E-state index contributed by atoms with van der Waals surface area (Å²) in [6.45, 7) is 6.92. The number of likely N-dealkylation sites (N-methyl/N-ethyl adjacent to an activating group) is 1. The lowest BCUT2D eigenvalue weighted by Crippen LogP contribution is -2.49. The van der Waals surface area contributed by atoms with Crippen molar-refractivity contribution in [1.82, 2.24) is 14.7 Å². The number of unbranched alkanes of at least 4 members (excludes halogenated alkanes) is 2. The standard InChI is InChI=1S/C21H29N3O3S/c1-3-4-5-14-27-18-8-6-17(7-9-18)15-19-20(25)24(21(26)28-19)16-23-12-10-22(2)11-13-23/h6-9,15H,3-5,10-14,16H2,1-2H3/b19-15+. The van der Waals surface area contributed by atoms with E-state index in [1.807, 2.05) is 24.3 Å². The molecule has 28 heavy (non-hydrogen) atoms. The van der Waals surface area contributed by atoms with E-state index in [9.17, 15) is 9.59 Å². The summed E-state index contributed by atoms with van der Waals surface area (Å²) in [5, 5.41) is -0.189. The van der Waals surface area contributed by atoms with Crippen LogP contribution in [0.25, 0.3) is 6.08 Å². The molecule has 2 aliphatic heterocycles. The Morgan fingerprint density at radius 2 is 1.79 bits per heavy atom. The number of hydrogen-bond acceptors (Lipinski definition) is 6. The highest BCUT2D eigenvalue weighted by molar-refractivity contribution is 8.18. The van der Waals surface area contributed by atoms with Gasteiger partial charge in [0.15, 0.2) is 0 Å². The fourth-order valence-electron chi connectivity index (χ4n) is 3.16. The molecule has 7 heteroatoms. The van der Waals surface area contributed by atoms with Gasteiger partial charge in [0.1, 0.15) is 5.75 Å². The molecule has 0 radical (unpaired) electrons. The van der Waals surface area contributed by atoms with Crippen molar-refractivity contribution >= 4 is 29.0 Å². The number of ether oxygens (including phenoxy) is 1. The molecule has 0 N–H and O–H groups in total. The van der Waals surface area contributed by atoms with Crippen LogP contribution >= 0.6 is 11.8 Å². The van der Waals surface area contributed by atoms with Crippen molar-refractivity contribution in [3.63, 3.8) is 0 Å². The van der Waals surface area contributed by atoms with Gasteiger partial charge in [0.05, 0.1) is 18.2 Å². The van der Waals surface area contributed by atoms with E-state index in [2.05, 4.69) is 23.8 Å². The maximum absolute atomic E-state index is 12.7. The molecule has 0 unspecified atom stereocenters. The number of hydrogen-bond donors (Lipinski definition) is 0. The van der Waals surface area contributed by atoms with Crippen molar-refractivity contribution in [3.05, 3.63) is 34.7 Å². The van der Waals surface area contributed by atoms with E-state index in [4.69, 9.17) is 4.74 Å². The maximum atomic E-state index is 12.7. The molecule has 2 amide bonds. The number of piperazine rings is 1. The van der Waals surface area contributed by atoms with Gasteiger partial charge < -0.3 is 9.64 Å². The van der Waals surface area contributed by atoms with Crippen LogP contribution in [0.2, 0.25) is 0 Å². The highest BCUT2D eigenvalue weighted by atomic mass is 32.2. The van der Waals surface area contributed by atoms with E-state index < -0.39 is 0 Å². The van der Waals surface area contributed by atoms with Gasteiger partial charge in [-0.15, -0.1) is 0 Å². The molecule has 2 heterocycles. The van der Waals surface area contributed by atoms with E-state index in [1.54, 1.807) is 6.08 Å². The summed E-state index contributed by atoms with van der Waals surface area (Å²) in [5.41, 5.74) is 0.894. The van der Waals surface area contributed by atoms with Crippen molar-refractivity contribution < 1.29 is 14.3 Å². The smallest absolute Gasteiger partial charge is 0.294 e. The van der Waals surface area contributed by atoms with Crippen LogP contribution in [0.1, 0.15) is 31.7 Å². The summed E-state index contributed by atoms with van der Waals surface area (Å²) in [4.78, 5) is 31.2. The fourth-order valence-corrected chi connectivity index (χ4v) is 4.00. The molecule has 3 rings (SSSR count). The first kappa shape index (κ1) is 20.9. The Kier molecular flexibility index (Phi) is 7.53. The molecule has 2 saturated heterocycles. The second-order valence-corrected chi connectivity index (χ2v) is 8.29. The lowest BCUT2D eigenvalue weighted by molar-refractivity contribution is -0.124. The van der Waals surface area contributed by atoms with Gasteiger partial charge in [-0.2, -0.15) is 0 Å². The van der Waals surface area contributed by atoms with Crippen molar-refractivity contribution in [2.24, 2.45) is 0 Å². The van der Waals surface area contributed by atoms with E-state index in [0.717, 1.165) is 62.3 Å². The number of thioether (sulfide) groups is 1. The number of benzene rings is 1. The number of carbonyl (C=O) groups excluding carboxylic acids is 2. The van der Waals surface area contributed by atoms with Gasteiger partial charge in [-0.3, -0.25) is 19.4 Å². The van der Waals surface area contributed by atoms with Crippen LogP contribution in [0.3, 0.4) is 0 Å². The largest absolute Gasteiger partial charge is 0.494 e. The molecule has 0 atom stereocenters. The van der Waals surface area contributed by atoms with Gasteiger partial charge in [0.2, 0.25) is 0 Å². The van der Waals surface area contributed by atoms with Crippen LogP contribution in [0, 0.1) is 0 Å². The third kappa shape index (κ3) is 5.59. The quantitative estimate of drug-likeness (QED) is 0.489. The van der Waals surface area contributed by atoms with Crippen LogP contribution in [0.15, 0.2) is 29.2 Å². The topological polar surface area (TPSA) is 53.1 Å². The van der Waals surface area contributed by atoms with Gasteiger partial charge in [0, 0.05) is 26.2 Å². The zero-order chi connectivity index (χ0) is 19.9. The molecule has 0 aromatic heterocycles. The summed E-state index contributed by atoms with van der Waals surface area (Å²) in [7, 11) is 2.09. The Morgan fingerprint density at radius 3 is 2.46 bits per heavy atom. The van der Waals surface area contributed by atoms with Crippen molar-refractivity contribution in [2.75, 3.05) is 46.5 Å². The van der Waals surface area contributed by atoms with Crippen LogP contribution in [-0.2, 0) is 4.79 Å². The first-order chi connectivity index (χ1) is 13.6. The molecule has 0 aliphatic carbocycles. The molecule has 0 saturated carbocycles. The van der Waals surface area contributed by atoms with Gasteiger partial charge in [-0.05, 0) is 49.0 Å². The first-order valence-corrected chi connectivity index (χ1v) is 10.8. The van der Waals surface area contributed by atoms with Crippen molar-refractivity contribution in [2.45, 2.75) is 26.2 Å². The van der Waals surface area contributed by atoms with E-state index in [0.29, 0.717) is 11.6 Å². The summed E-state index contributed by atoms with van der Waals surface area (Å²) in [6, 6.07) is 7.66. The highest BCUT2D eigenvalue weighted by Crippen LogP contribution is 2.32. The molecule has 0 bridgehead atoms. The van der Waals surface area contributed by atoms with Crippen LogP contribution in [0.4, 0.5) is 4.79 Å². The minimum atomic E-state index is -0.200. The summed E-state index contributed by atoms with van der Waals surface area (Å²) >= 11 is 1.02. The fraction of sp³-hybridized carbons (Fsp3) is 0.524. The van der Waals surface area contributed by atoms with Crippen molar-refractivity contribution in [1.29, 1.82) is 0 Å². The average Bonchev–Trinajstić information content (AvgIpc) is 2.95. The molecule has 1 aromatic rings. The number of rotatable bonds is 8.